The Kier molecular flexibility index (Phi) is 4.66. The Balaban J connectivity index is 2.62. The van der Waals surface area contributed by atoms with Gasteiger partial charge in [-0.25, -0.2) is 13.2 Å². The molecule has 1 rings (SSSR count). The summed E-state index contributed by atoms with van der Waals surface area (Å²) >= 11 is 0. The summed E-state index contributed by atoms with van der Waals surface area (Å²) in [6.07, 6.45) is -1.08. The van der Waals surface area contributed by atoms with Crippen LogP contribution in [-0.4, -0.2) is 69.1 Å². The topological polar surface area (TPSA) is 93.1 Å². The van der Waals surface area contributed by atoms with Gasteiger partial charge in [0.25, 0.3) is 0 Å². The van der Waals surface area contributed by atoms with Crippen molar-refractivity contribution in [3.8, 4) is 0 Å². The molecule has 0 radical (unpaired) electrons. The van der Waals surface area contributed by atoms with Crippen LogP contribution in [-0.2, 0) is 24.3 Å². The second kappa shape index (κ2) is 5.58. The first kappa shape index (κ1) is 13.4. The SMILES string of the molecule is COCCS(=O)(=O)N1CCOC(C(=O)O)C1. The van der Waals surface area contributed by atoms with Gasteiger partial charge in [-0.2, -0.15) is 4.31 Å². The van der Waals surface area contributed by atoms with Gasteiger partial charge in [0.1, 0.15) is 0 Å². The van der Waals surface area contributed by atoms with Crippen LogP contribution in [0.4, 0.5) is 0 Å². The smallest absolute Gasteiger partial charge is 0.334 e. The Labute approximate surface area is 94.0 Å². The number of carbonyl (C=O) groups is 1. The minimum atomic E-state index is -3.45. The number of carboxylic acid groups (broad SMARTS) is 1. The fourth-order valence-electron chi connectivity index (χ4n) is 1.35. The van der Waals surface area contributed by atoms with E-state index in [0.29, 0.717) is 0 Å². The molecule has 0 bridgehead atoms. The Morgan fingerprint density at radius 1 is 1.62 bits per heavy atom. The number of aliphatic carboxylic acids is 1. The summed E-state index contributed by atoms with van der Waals surface area (Å²) in [4.78, 5) is 10.7. The van der Waals surface area contributed by atoms with Crippen LogP contribution >= 0.6 is 0 Å². The predicted octanol–water partition coefficient (Wildman–Crippen LogP) is -1.25. The van der Waals surface area contributed by atoms with Crippen LogP contribution in [0.5, 0.6) is 0 Å². The van der Waals surface area contributed by atoms with E-state index in [1.165, 1.54) is 7.11 Å². The highest BCUT2D eigenvalue weighted by molar-refractivity contribution is 7.89. The maximum atomic E-state index is 11.7. The Hall–Kier alpha value is -0.700. The van der Waals surface area contributed by atoms with Crippen LogP contribution in [0.1, 0.15) is 0 Å². The zero-order valence-corrected chi connectivity index (χ0v) is 9.77. The Morgan fingerprint density at radius 3 is 2.88 bits per heavy atom. The maximum absolute atomic E-state index is 11.7. The van der Waals surface area contributed by atoms with Crippen molar-refractivity contribution in [1.29, 1.82) is 0 Å². The summed E-state index contributed by atoms with van der Waals surface area (Å²) in [5.74, 6) is -1.29. The number of methoxy groups -OCH3 is 1. The molecule has 1 saturated heterocycles. The third-order valence-corrected chi connectivity index (χ3v) is 4.04. The molecular weight excluding hydrogens is 238 g/mol. The van der Waals surface area contributed by atoms with Crippen LogP contribution in [0, 0.1) is 0 Å². The summed E-state index contributed by atoms with van der Waals surface area (Å²) in [5, 5.41) is 8.73. The van der Waals surface area contributed by atoms with Gasteiger partial charge >= 0.3 is 5.97 Å². The molecule has 0 spiro atoms. The monoisotopic (exact) mass is 253 g/mol. The van der Waals surface area contributed by atoms with Crippen LogP contribution in [0.2, 0.25) is 0 Å². The minimum absolute atomic E-state index is 0.0947. The molecule has 1 fully saturated rings. The van der Waals surface area contributed by atoms with Crippen molar-refractivity contribution in [2.24, 2.45) is 0 Å². The molecule has 0 aromatic carbocycles. The van der Waals surface area contributed by atoms with E-state index < -0.39 is 22.1 Å². The number of carboxylic acids is 1. The van der Waals surface area contributed by atoms with Gasteiger partial charge in [0, 0.05) is 13.7 Å². The molecule has 0 aliphatic carbocycles. The van der Waals surface area contributed by atoms with E-state index >= 15 is 0 Å². The number of hydrogen-bond donors (Lipinski definition) is 1. The van der Waals surface area contributed by atoms with Crippen LogP contribution < -0.4 is 0 Å². The zero-order chi connectivity index (χ0) is 12.2. The van der Waals surface area contributed by atoms with Gasteiger partial charge in [-0.05, 0) is 0 Å². The molecule has 94 valence electrons. The van der Waals surface area contributed by atoms with Crippen molar-refractivity contribution in [3.63, 3.8) is 0 Å². The first-order valence-corrected chi connectivity index (χ1v) is 6.39. The molecule has 1 unspecified atom stereocenters. The number of nitrogens with zero attached hydrogens (tertiary/aromatic N) is 1. The molecule has 1 atom stereocenters. The lowest BCUT2D eigenvalue weighted by atomic mass is 10.3. The van der Waals surface area contributed by atoms with Gasteiger partial charge in [-0.3, -0.25) is 0 Å². The molecular formula is C8H15NO6S. The lowest BCUT2D eigenvalue weighted by Crippen LogP contribution is -2.49. The quantitative estimate of drug-likeness (QED) is 0.658. The van der Waals surface area contributed by atoms with Gasteiger partial charge in [-0.15, -0.1) is 0 Å². The van der Waals surface area contributed by atoms with Crippen molar-refractivity contribution < 1.29 is 27.8 Å². The van der Waals surface area contributed by atoms with Gasteiger partial charge < -0.3 is 14.6 Å². The molecule has 1 heterocycles. The predicted molar refractivity (Wildman–Crippen MR) is 54.6 cm³/mol. The normalized spacial score (nSPS) is 23.2. The molecule has 1 N–H and O–H groups in total. The van der Waals surface area contributed by atoms with Gasteiger partial charge in [0.15, 0.2) is 6.10 Å². The summed E-state index contributed by atoms with van der Waals surface area (Å²) in [6, 6.07) is 0. The molecule has 0 aromatic heterocycles. The number of hydrogen-bond acceptors (Lipinski definition) is 5. The van der Waals surface area contributed by atoms with Gasteiger partial charge in [0.05, 0.1) is 25.5 Å². The third-order valence-electron chi connectivity index (χ3n) is 2.24. The lowest BCUT2D eigenvalue weighted by molar-refractivity contribution is -0.153. The van der Waals surface area contributed by atoms with E-state index in [1.54, 1.807) is 0 Å². The molecule has 0 saturated carbocycles. The summed E-state index contributed by atoms with van der Waals surface area (Å²) in [6.45, 7) is 0.248. The first-order chi connectivity index (χ1) is 7.47. The highest BCUT2D eigenvalue weighted by Gasteiger charge is 2.32. The standard InChI is InChI=1S/C8H15NO6S/c1-14-4-5-16(12,13)9-2-3-15-7(6-9)8(10)11/h7H,2-6H2,1H3,(H,10,11). The van der Waals surface area contributed by atoms with Crippen LogP contribution in [0.25, 0.3) is 0 Å². The summed E-state index contributed by atoms with van der Waals surface area (Å²) in [7, 11) is -2.04. The summed E-state index contributed by atoms with van der Waals surface area (Å²) in [5.41, 5.74) is 0. The molecule has 0 aromatic rings. The third kappa shape index (κ3) is 3.41. The number of sulfonamides is 1. The highest BCUT2D eigenvalue weighted by atomic mass is 32.2. The molecule has 0 amide bonds. The van der Waals surface area contributed by atoms with E-state index in [-0.39, 0.29) is 32.1 Å². The largest absolute Gasteiger partial charge is 0.479 e. The Bertz CT molecular complexity index is 340. The molecule has 1 aliphatic heterocycles. The molecule has 1 aliphatic rings. The van der Waals surface area contributed by atoms with E-state index in [9.17, 15) is 13.2 Å². The minimum Gasteiger partial charge on any atom is -0.479 e. The number of rotatable bonds is 5. The molecule has 7 nitrogen and oxygen atoms in total. The van der Waals surface area contributed by atoms with E-state index in [2.05, 4.69) is 4.74 Å². The van der Waals surface area contributed by atoms with Crippen molar-refractivity contribution in [1.82, 2.24) is 4.31 Å². The average molecular weight is 253 g/mol. The van der Waals surface area contributed by atoms with Gasteiger partial charge in [0.2, 0.25) is 10.0 Å². The molecule has 8 heteroatoms. The lowest BCUT2D eigenvalue weighted by Gasteiger charge is -2.29. The molecule has 16 heavy (non-hydrogen) atoms. The Morgan fingerprint density at radius 2 is 2.31 bits per heavy atom. The fraction of sp³-hybridized carbons (Fsp3) is 0.875. The van der Waals surface area contributed by atoms with Crippen LogP contribution in [0.3, 0.4) is 0 Å². The summed E-state index contributed by atoms with van der Waals surface area (Å²) < 4.78 is 34.2. The van der Waals surface area contributed by atoms with Crippen molar-refractivity contribution in [3.05, 3.63) is 0 Å². The van der Waals surface area contributed by atoms with Crippen molar-refractivity contribution >= 4 is 16.0 Å². The second-order valence-electron chi connectivity index (χ2n) is 3.36. The maximum Gasteiger partial charge on any atom is 0.334 e. The van der Waals surface area contributed by atoms with Crippen molar-refractivity contribution in [2.45, 2.75) is 6.10 Å². The van der Waals surface area contributed by atoms with E-state index in [0.717, 1.165) is 4.31 Å². The van der Waals surface area contributed by atoms with E-state index in [4.69, 9.17) is 9.84 Å². The zero-order valence-electron chi connectivity index (χ0n) is 8.96. The van der Waals surface area contributed by atoms with Crippen LogP contribution in [0.15, 0.2) is 0 Å². The number of morpholine rings is 1. The highest BCUT2D eigenvalue weighted by Crippen LogP contribution is 2.10. The van der Waals surface area contributed by atoms with E-state index in [1.807, 2.05) is 0 Å². The second-order valence-corrected chi connectivity index (χ2v) is 5.45. The van der Waals surface area contributed by atoms with Gasteiger partial charge in [-0.1, -0.05) is 0 Å². The number of ether oxygens (including phenoxy) is 2. The average Bonchev–Trinajstić information content (AvgIpc) is 2.26. The fourth-order valence-corrected chi connectivity index (χ4v) is 2.70. The van der Waals surface area contributed by atoms with Crippen molar-refractivity contribution in [2.75, 3.05) is 39.2 Å². The first-order valence-electron chi connectivity index (χ1n) is 4.78.